The molecule has 338 valence electrons. The van der Waals surface area contributed by atoms with Crippen LogP contribution in [0, 0.1) is 0 Å². The number of aliphatic imine (C=N–C) groups is 1. The molecule has 5 rings (SSSR count). The van der Waals surface area contributed by atoms with E-state index in [4.69, 9.17) is 28.9 Å². The fourth-order valence-corrected chi connectivity index (χ4v) is 7.34. The van der Waals surface area contributed by atoms with Crippen molar-refractivity contribution in [3.63, 3.8) is 0 Å². The maximum Gasteiger partial charge on any atom is 0.410 e. The number of hydrogen-bond acceptors (Lipinski definition) is 12. The number of para-hydroxylation sites is 1. The van der Waals surface area contributed by atoms with Gasteiger partial charge in [-0.1, -0.05) is 25.1 Å². The molecule has 4 heterocycles. The third-order valence-electron chi connectivity index (χ3n) is 10.3. The number of benzene rings is 1. The van der Waals surface area contributed by atoms with Gasteiger partial charge in [0.25, 0.3) is 5.56 Å². The van der Waals surface area contributed by atoms with Crippen LogP contribution < -0.4 is 10.9 Å². The molecule has 3 amide bonds. The summed E-state index contributed by atoms with van der Waals surface area (Å²) in [4.78, 5) is 78.2. The van der Waals surface area contributed by atoms with Gasteiger partial charge in [-0.05, 0) is 107 Å². The summed E-state index contributed by atoms with van der Waals surface area (Å²) in [5.74, 6) is -0.775. The van der Waals surface area contributed by atoms with Crippen LogP contribution in [0.4, 0.5) is 14.4 Å². The Morgan fingerprint density at radius 2 is 1.45 bits per heavy atom. The number of nitrogens with zero attached hydrogens (tertiary/aromatic N) is 5. The summed E-state index contributed by atoms with van der Waals surface area (Å²) in [6.45, 7) is 20.2. The first-order chi connectivity index (χ1) is 29.0. The molecule has 3 aromatic rings. The molecule has 0 saturated heterocycles. The summed E-state index contributed by atoms with van der Waals surface area (Å²) < 4.78 is 23.6. The van der Waals surface area contributed by atoms with Gasteiger partial charge < -0.3 is 43.7 Å². The molecule has 0 unspecified atom stereocenters. The Morgan fingerprint density at radius 1 is 0.871 bits per heavy atom. The molecule has 2 aliphatic heterocycles. The van der Waals surface area contributed by atoms with Crippen LogP contribution in [0.1, 0.15) is 124 Å². The molecule has 1 atom stereocenters. The van der Waals surface area contributed by atoms with Gasteiger partial charge in [-0.2, -0.15) is 0 Å². The van der Waals surface area contributed by atoms with Crippen LogP contribution in [0.15, 0.2) is 40.1 Å². The summed E-state index contributed by atoms with van der Waals surface area (Å²) >= 11 is 0. The normalized spacial score (nSPS) is 16.0. The minimum absolute atomic E-state index is 0.0493. The predicted octanol–water partition coefficient (Wildman–Crippen LogP) is 7.06. The van der Waals surface area contributed by atoms with E-state index in [-0.39, 0.29) is 36.3 Å². The molecule has 62 heavy (non-hydrogen) atoms. The third-order valence-corrected chi connectivity index (χ3v) is 10.3. The molecule has 0 radical (unpaired) electrons. The summed E-state index contributed by atoms with van der Waals surface area (Å²) in [5.41, 5.74) is -0.344. The first kappa shape index (κ1) is 47.5. The van der Waals surface area contributed by atoms with Crippen LogP contribution in [-0.2, 0) is 42.5 Å². The lowest BCUT2D eigenvalue weighted by Crippen LogP contribution is -2.44. The smallest absolute Gasteiger partial charge is 0.410 e. The van der Waals surface area contributed by atoms with E-state index < -0.39 is 46.7 Å². The van der Waals surface area contributed by atoms with Crippen molar-refractivity contribution in [2.45, 2.75) is 137 Å². The average Bonchev–Trinajstić information content (AvgIpc) is 3.53. The monoisotopic (exact) mass is 860 g/mol. The number of carbonyl (C=O) groups excluding carboxylic acids is 4. The quantitative estimate of drug-likeness (QED) is 0.0539. The number of esters is 1. The topological polar surface area (TPSA) is 191 Å². The molecule has 16 nitrogen and oxygen atoms in total. The lowest BCUT2D eigenvalue weighted by molar-refractivity contribution is -0.172. The van der Waals surface area contributed by atoms with Crippen LogP contribution in [0.2, 0.25) is 0 Å². The van der Waals surface area contributed by atoms with Gasteiger partial charge in [-0.15, -0.1) is 0 Å². The number of cyclic esters (lactones) is 1. The zero-order chi connectivity index (χ0) is 45.6. The predicted molar refractivity (Wildman–Crippen MR) is 235 cm³/mol. The molecule has 2 N–H and O–H groups in total. The highest BCUT2D eigenvalue weighted by Gasteiger charge is 2.45. The lowest BCUT2D eigenvalue weighted by Gasteiger charge is -2.31. The summed E-state index contributed by atoms with van der Waals surface area (Å²) in [6.07, 6.45) is 2.64. The van der Waals surface area contributed by atoms with E-state index in [1.165, 1.54) is 0 Å². The number of hydrogen-bond donors (Lipinski definition) is 2. The van der Waals surface area contributed by atoms with Gasteiger partial charge in [0.15, 0.2) is 5.60 Å². The number of fused-ring (bicyclic) bond motifs is 5. The number of carbonyl (C=O) groups is 4. The highest BCUT2D eigenvalue weighted by atomic mass is 16.6. The van der Waals surface area contributed by atoms with E-state index in [0.717, 1.165) is 16.5 Å². The maximum atomic E-state index is 13.8. The number of unbranched alkanes of at least 4 members (excludes halogenated alkanes) is 1. The Morgan fingerprint density at radius 3 is 2.05 bits per heavy atom. The Bertz CT molecular complexity index is 2230. The number of amides is 3. The van der Waals surface area contributed by atoms with Gasteiger partial charge in [-0.3, -0.25) is 9.79 Å². The third kappa shape index (κ3) is 11.9. The second-order valence-electron chi connectivity index (χ2n) is 18.8. The van der Waals surface area contributed by atoms with Gasteiger partial charge in [0.2, 0.25) is 0 Å². The number of alkyl carbamates (subject to hydrolysis) is 1. The molecular formula is C46H64N6O10. The van der Waals surface area contributed by atoms with Gasteiger partial charge >= 0.3 is 24.2 Å². The number of pyridine rings is 2. The van der Waals surface area contributed by atoms with E-state index in [0.29, 0.717) is 81.9 Å². The minimum atomic E-state index is -1.93. The number of nitrogens with one attached hydrogen (secondary N) is 1. The van der Waals surface area contributed by atoms with E-state index in [1.54, 1.807) is 54.3 Å². The summed E-state index contributed by atoms with van der Waals surface area (Å²) in [5, 5.41) is 14.9. The van der Waals surface area contributed by atoms with Crippen molar-refractivity contribution in [2.24, 2.45) is 4.99 Å². The number of ether oxygens (including phenoxy) is 4. The number of rotatable bonds is 15. The van der Waals surface area contributed by atoms with Crippen molar-refractivity contribution in [3.05, 3.63) is 62.9 Å². The minimum Gasteiger partial charge on any atom is -0.458 e. The molecule has 0 saturated carbocycles. The fraction of sp³-hybridized carbons (Fsp3) is 0.587. The Labute approximate surface area is 364 Å². The molecule has 16 heteroatoms. The van der Waals surface area contributed by atoms with Crippen molar-refractivity contribution in [1.82, 2.24) is 24.7 Å². The fourth-order valence-electron chi connectivity index (χ4n) is 7.34. The molecular weight excluding hydrogens is 797 g/mol. The zero-order valence-electron chi connectivity index (χ0n) is 38.0. The SMILES string of the molecule is CC[C@@]1(O)C(=O)OCc2c1cc1n(c2=O)Cc2c-1nc1ccccc1c2C=NCCCN(CCCCN(CCCNC(=O)OC(C)(C)C)C(=O)OC(C)(C)C)C(=O)OC(C)(C)C. The van der Waals surface area contributed by atoms with Gasteiger partial charge in [0.05, 0.1) is 29.0 Å². The largest absolute Gasteiger partial charge is 0.458 e. The van der Waals surface area contributed by atoms with Crippen LogP contribution in [0.5, 0.6) is 0 Å². The first-order valence-electron chi connectivity index (χ1n) is 21.5. The van der Waals surface area contributed by atoms with Crippen LogP contribution >= 0.6 is 0 Å². The van der Waals surface area contributed by atoms with E-state index in [1.807, 2.05) is 65.8 Å². The van der Waals surface area contributed by atoms with E-state index in [2.05, 4.69) is 5.32 Å². The van der Waals surface area contributed by atoms with Gasteiger partial charge in [0, 0.05) is 67.6 Å². The zero-order valence-corrected chi connectivity index (χ0v) is 38.0. The van der Waals surface area contributed by atoms with Crippen LogP contribution in [-0.4, -0.2) is 111 Å². The van der Waals surface area contributed by atoms with E-state index in [9.17, 15) is 29.1 Å². The first-order valence-corrected chi connectivity index (χ1v) is 21.5. The lowest BCUT2D eigenvalue weighted by atomic mass is 9.86. The highest BCUT2D eigenvalue weighted by molar-refractivity contribution is 6.02. The van der Waals surface area contributed by atoms with Gasteiger partial charge in [0.1, 0.15) is 23.4 Å². The Balaban J connectivity index is 1.26. The second kappa shape index (κ2) is 19.3. The van der Waals surface area contributed by atoms with Crippen molar-refractivity contribution in [2.75, 3.05) is 39.3 Å². The molecule has 0 spiro atoms. The van der Waals surface area contributed by atoms with Crippen molar-refractivity contribution >= 4 is 41.4 Å². The molecule has 1 aromatic carbocycles. The number of aliphatic hydroxyl groups is 1. The second-order valence-corrected chi connectivity index (χ2v) is 18.8. The number of aromatic nitrogens is 2. The Hall–Kier alpha value is -5.51. The van der Waals surface area contributed by atoms with Crippen molar-refractivity contribution < 1.29 is 43.2 Å². The maximum absolute atomic E-state index is 13.8. The molecule has 0 bridgehead atoms. The molecule has 0 aliphatic carbocycles. The van der Waals surface area contributed by atoms with Gasteiger partial charge in [-0.25, -0.2) is 24.2 Å². The Kier molecular flexibility index (Phi) is 14.8. The van der Waals surface area contributed by atoms with Crippen molar-refractivity contribution in [3.8, 4) is 11.4 Å². The highest BCUT2D eigenvalue weighted by Crippen LogP contribution is 2.40. The average molecular weight is 861 g/mol. The molecule has 2 aliphatic rings. The van der Waals surface area contributed by atoms with E-state index >= 15 is 0 Å². The summed E-state index contributed by atoms with van der Waals surface area (Å²) in [6, 6.07) is 9.35. The van der Waals surface area contributed by atoms with Crippen LogP contribution in [0.3, 0.4) is 0 Å². The molecule has 2 aromatic heterocycles. The van der Waals surface area contributed by atoms with Crippen LogP contribution in [0.25, 0.3) is 22.3 Å². The molecule has 0 fully saturated rings. The standard InChI is InChI=1S/C46H64N6O10/c1-11-46(58)34-26-36-37-32(28-52(36)38(53)33(34)29-59-39(46)54)31(30-18-12-13-19-35(30)49-37)27-47-20-16-24-50(41(56)61-44(5,6)7)22-14-15-23-51(42(57)62-45(8,9)10)25-17-21-48-40(55)60-43(2,3)4/h12-13,18-19,26-27,58H,11,14-17,20-25,28-29H2,1-10H3,(H,48,55)/t46-/m0/s1. The van der Waals surface area contributed by atoms with Crippen molar-refractivity contribution in [1.29, 1.82) is 0 Å². The summed E-state index contributed by atoms with van der Waals surface area (Å²) in [7, 11) is 0.